The van der Waals surface area contributed by atoms with Gasteiger partial charge in [0.05, 0.1) is 29.1 Å². The van der Waals surface area contributed by atoms with E-state index in [1.165, 1.54) is 16.4 Å². The van der Waals surface area contributed by atoms with Crippen molar-refractivity contribution in [3.05, 3.63) is 42.0 Å². The molecule has 4 atom stereocenters. The monoisotopic (exact) mass is 374 g/mol. The Labute approximate surface area is 154 Å². The van der Waals surface area contributed by atoms with E-state index < -0.39 is 10.0 Å². The number of nitrogens with zero attached hydrogens (tertiary/aromatic N) is 2. The molecule has 1 heterocycles. The average Bonchev–Trinajstić information content (AvgIpc) is 3.06. The maximum Gasteiger partial charge on any atom is 0.309 e. The molecule has 0 unspecified atom stereocenters. The highest BCUT2D eigenvalue weighted by Gasteiger charge is 2.47. The molecule has 7 heteroatoms. The molecular weight excluding hydrogens is 352 g/mol. The molecule has 0 aromatic heterocycles. The lowest BCUT2D eigenvalue weighted by Gasteiger charge is -2.32. The summed E-state index contributed by atoms with van der Waals surface area (Å²) in [6.07, 6.45) is 4.00. The van der Waals surface area contributed by atoms with Gasteiger partial charge in [-0.15, -0.1) is 0 Å². The molecular formula is C19H22N2O4S. The molecule has 1 aliphatic carbocycles. The third-order valence-corrected chi connectivity index (χ3v) is 7.06. The van der Waals surface area contributed by atoms with Crippen LogP contribution in [0.2, 0.25) is 0 Å². The first-order chi connectivity index (χ1) is 12.4. The SMILES string of the molecule is CCOC(=O)[C@@H]1[C@H]2CN(S(=O)(=O)c3cccc(C#N)c3)C[C@@H]2C=C[C@@H]1C. The summed E-state index contributed by atoms with van der Waals surface area (Å²) < 4.78 is 32.7. The van der Waals surface area contributed by atoms with Crippen molar-refractivity contribution in [2.75, 3.05) is 19.7 Å². The first kappa shape index (κ1) is 18.6. The topological polar surface area (TPSA) is 87.5 Å². The van der Waals surface area contributed by atoms with Gasteiger partial charge in [0, 0.05) is 13.1 Å². The van der Waals surface area contributed by atoms with Crippen molar-refractivity contribution in [1.29, 1.82) is 5.26 Å². The maximum atomic E-state index is 13.0. The summed E-state index contributed by atoms with van der Waals surface area (Å²) in [5, 5.41) is 9.02. The molecule has 6 nitrogen and oxygen atoms in total. The van der Waals surface area contributed by atoms with E-state index in [2.05, 4.69) is 0 Å². The number of ether oxygens (including phenoxy) is 1. The largest absolute Gasteiger partial charge is 0.466 e. The molecule has 26 heavy (non-hydrogen) atoms. The molecule has 0 bridgehead atoms. The summed E-state index contributed by atoms with van der Waals surface area (Å²) in [5.74, 6) is -0.682. The molecule has 1 aromatic rings. The number of sulfonamides is 1. The second-order valence-corrected chi connectivity index (χ2v) is 8.75. The van der Waals surface area contributed by atoms with E-state index in [1.807, 2.05) is 25.1 Å². The lowest BCUT2D eigenvalue weighted by molar-refractivity contribution is -0.152. The minimum atomic E-state index is -3.71. The molecule has 0 amide bonds. The van der Waals surface area contributed by atoms with Gasteiger partial charge in [-0.2, -0.15) is 9.57 Å². The Morgan fingerprint density at radius 2 is 2.12 bits per heavy atom. The van der Waals surface area contributed by atoms with Crippen molar-refractivity contribution < 1.29 is 17.9 Å². The smallest absolute Gasteiger partial charge is 0.309 e. The van der Waals surface area contributed by atoms with Crippen LogP contribution >= 0.6 is 0 Å². The average molecular weight is 374 g/mol. The number of hydrogen-bond donors (Lipinski definition) is 0. The highest BCUT2D eigenvalue weighted by atomic mass is 32.2. The molecule has 0 radical (unpaired) electrons. The molecule has 1 aromatic carbocycles. The van der Waals surface area contributed by atoms with Crippen molar-refractivity contribution in [1.82, 2.24) is 4.31 Å². The molecule has 1 saturated heterocycles. The van der Waals surface area contributed by atoms with E-state index in [9.17, 15) is 13.2 Å². The van der Waals surface area contributed by atoms with Gasteiger partial charge in [-0.25, -0.2) is 8.42 Å². The fourth-order valence-electron chi connectivity index (χ4n) is 3.93. The van der Waals surface area contributed by atoms with Crippen molar-refractivity contribution in [2.45, 2.75) is 18.7 Å². The van der Waals surface area contributed by atoms with Crippen molar-refractivity contribution in [2.24, 2.45) is 23.7 Å². The van der Waals surface area contributed by atoms with E-state index in [0.717, 1.165) is 0 Å². The Hall–Kier alpha value is -2.17. The quantitative estimate of drug-likeness (QED) is 0.595. The lowest BCUT2D eigenvalue weighted by atomic mass is 9.73. The highest BCUT2D eigenvalue weighted by Crippen LogP contribution is 2.41. The second-order valence-electron chi connectivity index (χ2n) is 6.81. The van der Waals surface area contributed by atoms with E-state index in [0.29, 0.717) is 18.7 Å². The van der Waals surface area contributed by atoms with Gasteiger partial charge in [-0.05, 0) is 42.9 Å². The van der Waals surface area contributed by atoms with Gasteiger partial charge in [0.25, 0.3) is 0 Å². The summed E-state index contributed by atoms with van der Waals surface area (Å²) >= 11 is 0. The Morgan fingerprint density at radius 3 is 2.81 bits per heavy atom. The Kier molecular flexibility index (Phi) is 5.17. The first-order valence-corrected chi connectivity index (χ1v) is 10.2. The van der Waals surface area contributed by atoms with E-state index in [1.54, 1.807) is 19.1 Å². The van der Waals surface area contributed by atoms with Crippen LogP contribution in [-0.4, -0.2) is 38.4 Å². The van der Waals surface area contributed by atoms with Crippen LogP contribution in [-0.2, 0) is 19.6 Å². The van der Waals surface area contributed by atoms with Crippen LogP contribution in [0.15, 0.2) is 41.3 Å². The molecule has 1 fully saturated rings. The number of fused-ring (bicyclic) bond motifs is 1. The predicted molar refractivity (Wildman–Crippen MR) is 95.3 cm³/mol. The number of carbonyl (C=O) groups is 1. The normalized spacial score (nSPS) is 28.3. The van der Waals surface area contributed by atoms with Gasteiger partial charge in [-0.1, -0.05) is 25.1 Å². The molecule has 3 rings (SSSR count). The molecule has 0 N–H and O–H groups in total. The summed E-state index contributed by atoms with van der Waals surface area (Å²) in [6, 6.07) is 7.99. The van der Waals surface area contributed by atoms with Gasteiger partial charge in [0.15, 0.2) is 0 Å². The summed E-state index contributed by atoms with van der Waals surface area (Å²) in [6.45, 7) is 4.66. The Morgan fingerprint density at radius 1 is 1.35 bits per heavy atom. The van der Waals surface area contributed by atoms with Crippen LogP contribution in [0.25, 0.3) is 0 Å². The Bertz CT molecular complexity index is 872. The zero-order chi connectivity index (χ0) is 18.9. The molecule has 0 saturated carbocycles. The zero-order valence-corrected chi connectivity index (χ0v) is 15.6. The number of allylic oxidation sites excluding steroid dienone is 1. The van der Waals surface area contributed by atoms with Gasteiger partial charge in [0.1, 0.15) is 0 Å². The van der Waals surface area contributed by atoms with Crippen LogP contribution in [0.1, 0.15) is 19.4 Å². The predicted octanol–water partition coefficient (Wildman–Crippen LogP) is 2.18. The van der Waals surface area contributed by atoms with Gasteiger partial charge < -0.3 is 4.74 Å². The standard InChI is InChI=1S/C19H22N2O4S/c1-3-25-19(22)18-13(2)7-8-15-11-21(12-17(15)18)26(23,24)16-6-4-5-14(9-16)10-20/h4-9,13,15,17-18H,3,11-12H2,1-2H3/t13-,15-,17-,18-/m0/s1. The fourth-order valence-corrected chi connectivity index (χ4v) is 5.49. The third-order valence-electron chi connectivity index (χ3n) is 5.23. The summed E-state index contributed by atoms with van der Waals surface area (Å²) in [4.78, 5) is 12.5. The van der Waals surface area contributed by atoms with Gasteiger partial charge >= 0.3 is 5.97 Å². The van der Waals surface area contributed by atoms with Crippen LogP contribution in [0.4, 0.5) is 0 Å². The summed E-state index contributed by atoms with van der Waals surface area (Å²) in [5.41, 5.74) is 0.306. The van der Waals surface area contributed by atoms with E-state index in [-0.39, 0.29) is 41.1 Å². The molecule has 2 aliphatic rings. The Balaban J connectivity index is 1.88. The molecule has 1 aliphatic heterocycles. The van der Waals surface area contributed by atoms with E-state index in [4.69, 9.17) is 10.00 Å². The minimum absolute atomic E-state index is 0.00506. The van der Waals surface area contributed by atoms with Crippen LogP contribution in [0, 0.1) is 35.0 Å². The maximum absolute atomic E-state index is 13.0. The van der Waals surface area contributed by atoms with Crippen molar-refractivity contribution >= 4 is 16.0 Å². The van der Waals surface area contributed by atoms with Gasteiger partial charge in [-0.3, -0.25) is 4.79 Å². The number of benzene rings is 1. The second kappa shape index (κ2) is 7.22. The van der Waals surface area contributed by atoms with Gasteiger partial charge in [0.2, 0.25) is 10.0 Å². The molecule has 0 spiro atoms. The number of nitriles is 1. The zero-order valence-electron chi connectivity index (χ0n) is 14.8. The number of esters is 1. The first-order valence-electron chi connectivity index (χ1n) is 8.73. The lowest BCUT2D eigenvalue weighted by Crippen LogP contribution is -2.37. The number of carbonyl (C=O) groups excluding carboxylic acids is 1. The number of rotatable bonds is 4. The van der Waals surface area contributed by atoms with Crippen molar-refractivity contribution in [3.63, 3.8) is 0 Å². The molecule has 138 valence electrons. The third kappa shape index (κ3) is 3.27. The van der Waals surface area contributed by atoms with E-state index >= 15 is 0 Å². The van der Waals surface area contributed by atoms with Crippen LogP contribution < -0.4 is 0 Å². The summed E-state index contributed by atoms with van der Waals surface area (Å²) in [7, 11) is -3.71. The van der Waals surface area contributed by atoms with Crippen LogP contribution in [0.3, 0.4) is 0 Å². The highest BCUT2D eigenvalue weighted by molar-refractivity contribution is 7.89. The minimum Gasteiger partial charge on any atom is -0.466 e. The number of hydrogen-bond acceptors (Lipinski definition) is 5. The van der Waals surface area contributed by atoms with Crippen molar-refractivity contribution in [3.8, 4) is 6.07 Å². The van der Waals surface area contributed by atoms with Crippen LogP contribution in [0.5, 0.6) is 0 Å². The fraction of sp³-hybridized carbons (Fsp3) is 0.474.